The number of rotatable bonds is 1. The third-order valence-electron chi connectivity index (χ3n) is 1.64. The van der Waals surface area contributed by atoms with Crippen LogP contribution in [0.4, 0.5) is 0 Å². The number of aliphatic imine (C=N–C) groups is 1. The van der Waals surface area contributed by atoms with Gasteiger partial charge in [0.1, 0.15) is 6.33 Å². The van der Waals surface area contributed by atoms with Crippen LogP contribution in [0.3, 0.4) is 0 Å². The first-order valence-corrected chi connectivity index (χ1v) is 3.46. The molecule has 0 aromatic carbocycles. The van der Waals surface area contributed by atoms with E-state index in [1.165, 1.54) is 0 Å². The molecule has 0 amide bonds. The van der Waals surface area contributed by atoms with Gasteiger partial charge >= 0.3 is 0 Å². The van der Waals surface area contributed by atoms with E-state index in [1.807, 2.05) is 13.8 Å². The first kappa shape index (κ1) is 7.85. The number of aromatic nitrogens is 2. The highest BCUT2D eigenvalue weighted by molar-refractivity contribution is 5.99. The van der Waals surface area contributed by atoms with Gasteiger partial charge in [-0.05, 0) is 13.8 Å². The fraction of sp³-hybridized carbons (Fsp3) is 0.375. The van der Waals surface area contributed by atoms with Gasteiger partial charge in [-0.25, -0.2) is 9.97 Å². The van der Waals surface area contributed by atoms with Crippen molar-refractivity contribution in [2.45, 2.75) is 13.8 Å². The number of hydrogen-bond acceptors (Lipinski definition) is 3. The number of nitrogens with zero attached hydrogens (tertiary/aromatic N) is 3. The van der Waals surface area contributed by atoms with E-state index in [9.17, 15) is 0 Å². The molecule has 0 spiro atoms. The van der Waals surface area contributed by atoms with E-state index in [0.29, 0.717) is 0 Å². The molecule has 0 radical (unpaired) electrons. The fourth-order valence-electron chi connectivity index (χ4n) is 0.866. The standard InChI is InChI=1S/C8H11N3/c1-6(9-3)8-4-10-5-11-7(8)2/h4-5H,1-3H3/b9-6-. The maximum atomic E-state index is 4.06. The average molecular weight is 149 g/mol. The van der Waals surface area contributed by atoms with Crippen LogP contribution in [0, 0.1) is 6.92 Å². The summed E-state index contributed by atoms with van der Waals surface area (Å²) >= 11 is 0. The first-order valence-electron chi connectivity index (χ1n) is 3.46. The van der Waals surface area contributed by atoms with Gasteiger partial charge < -0.3 is 0 Å². The van der Waals surface area contributed by atoms with Crippen molar-refractivity contribution in [3.8, 4) is 0 Å². The zero-order valence-corrected chi connectivity index (χ0v) is 7.00. The molecule has 0 unspecified atom stereocenters. The number of aryl methyl sites for hydroxylation is 1. The summed E-state index contributed by atoms with van der Waals surface area (Å²) in [7, 11) is 1.77. The van der Waals surface area contributed by atoms with Crippen molar-refractivity contribution in [1.29, 1.82) is 0 Å². The van der Waals surface area contributed by atoms with Crippen molar-refractivity contribution in [2.24, 2.45) is 4.99 Å². The molecule has 58 valence electrons. The first-order chi connectivity index (χ1) is 5.25. The van der Waals surface area contributed by atoms with Crippen molar-refractivity contribution in [3.63, 3.8) is 0 Å². The Morgan fingerprint density at radius 1 is 1.55 bits per heavy atom. The molecule has 0 saturated heterocycles. The minimum Gasteiger partial charge on any atom is -0.293 e. The van der Waals surface area contributed by atoms with Crippen molar-refractivity contribution >= 4 is 5.71 Å². The summed E-state index contributed by atoms with van der Waals surface area (Å²) in [6, 6.07) is 0. The summed E-state index contributed by atoms with van der Waals surface area (Å²) in [4.78, 5) is 12.0. The molecule has 0 fully saturated rings. The predicted molar refractivity (Wildman–Crippen MR) is 44.9 cm³/mol. The van der Waals surface area contributed by atoms with Gasteiger partial charge in [-0.15, -0.1) is 0 Å². The Hall–Kier alpha value is -1.25. The van der Waals surface area contributed by atoms with Crippen LogP contribution in [-0.2, 0) is 0 Å². The molecular weight excluding hydrogens is 138 g/mol. The van der Waals surface area contributed by atoms with Gasteiger partial charge in [-0.3, -0.25) is 4.99 Å². The second-order valence-corrected chi connectivity index (χ2v) is 2.33. The molecule has 0 aliphatic rings. The molecule has 0 bridgehead atoms. The SMILES string of the molecule is C/N=C(/C)c1cncnc1C. The van der Waals surface area contributed by atoms with Crippen LogP contribution in [0.5, 0.6) is 0 Å². The maximum absolute atomic E-state index is 4.06. The summed E-state index contributed by atoms with van der Waals surface area (Å²) in [5, 5.41) is 0. The highest BCUT2D eigenvalue weighted by Crippen LogP contribution is 2.02. The summed E-state index contributed by atoms with van der Waals surface area (Å²) in [6.45, 7) is 3.90. The van der Waals surface area contributed by atoms with Gasteiger partial charge in [0.25, 0.3) is 0 Å². The van der Waals surface area contributed by atoms with Crippen LogP contribution in [0.2, 0.25) is 0 Å². The van der Waals surface area contributed by atoms with Crippen molar-refractivity contribution < 1.29 is 0 Å². The molecule has 1 aromatic heterocycles. The highest BCUT2D eigenvalue weighted by atomic mass is 14.8. The summed E-state index contributed by atoms with van der Waals surface area (Å²) in [5.41, 5.74) is 2.97. The molecular formula is C8H11N3. The Labute approximate surface area is 66.2 Å². The second-order valence-electron chi connectivity index (χ2n) is 2.33. The second kappa shape index (κ2) is 3.23. The normalized spacial score (nSPS) is 11.7. The molecule has 11 heavy (non-hydrogen) atoms. The van der Waals surface area contributed by atoms with Crippen LogP contribution < -0.4 is 0 Å². The van der Waals surface area contributed by atoms with Gasteiger partial charge in [0.05, 0.1) is 0 Å². The minimum absolute atomic E-state index is 0.975. The lowest BCUT2D eigenvalue weighted by molar-refractivity contribution is 1.09. The Bertz CT molecular complexity index is 278. The van der Waals surface area contributed by atoms with E-state index in [1.54, 1.807) is 19.6 Å². The molecule has 3 heteroatoms. The Morgan fingerprint density at radius 2 is 2.27 bits per heavy atom. The van der Waals surface area contributed by atoms with E-state index in [-0.39, 0.29) is 0 Å². The maximum Gasteiger partial charge on any atom is 0.115 e. The van der Waals surface area contributed by atoms with Crippen molar-refractivity contribution in [3.05, 3.63) is 23.8 Å². The fourth-order valence-corrected chi connectivity index (χ4v) is 0.866. The van der Waals surface area contributed by atoms with E-state index in [2.05, 4.69) is 15.0 Å². The third kappa shape index (κ3) is 1.61. The average Bonchev–Trinajstić information content (AvgIpc) is 2.04. The molecule has 0 N–H and O–H groups in total. The summed E-state index contributed by atoms with van der Waals surface area (Å²) < 4.78 is 0. The van der Waals surface area contributed by atoms with Crippen molar-refractivity contribution in [2.75, 3.05) is 7.05 Å². The van der Waals surface area contributed by atoms with E-state index >= 15 is 0 Å². The molecule has 0 aliphatic heterocycles. The molecule has 0 aliphatic carbocycles. The lowest BCUT2D eigenvalue weighted by atomic mass is 10.2. The van der Waals surface area contributed by atoms with Gasteiger partial charge in [0.15, 0.2) is 0 Å². The minimum atomic E-state index is 0.975. The Balaban J connectivity index is 3.14. The molecule has 0 saturated carbocycles. The van der Waals surface area contributed by atoms with Gasteiger partial charge in [0, 0.05) is 30.2 Å². The van der Waals surface area contributed by atoms with Crippen LogP contribution >= 0.6 is 0 Å². The molecule has 1 aromatic rings. The number of hydrogen-bond donors (Lipinski definition) is 0. The summed E-state index contributed by atoms with van der Waals surface area (Å²) in [6.07, 6.45) is 3.33. The van der Waals surface area contributed by atoms with Crippen molar-refractivity contribution in [1.82, 2.24) is 9.97 Å². The molecule has 0 atom stereocenters. The largest absolute Gasteiger partial charge is 0.293 e. The molecule has 1 rings (SSSR count). The lowest BCUT2D eigenvalue weighted by Crippen LogP contribution is -2.00. The van der Waals surface area contributed by atoms with Crippen LogP contribution in [0.15, 0.2) is 17.5 Å². The summed E-state index contributed by atoms with van der Waals surface area (Å²) in [5.74, 6) is 0. The van der Waals surface area contributed by atoms with Gasteiger partial charge in [-0.1, -0.05) is 0 Å². The van der Waals surface area contributed by atoms with Gasteiger partial charge in [0.2, 0.25) is 0 Å². The topological polar surface area (TPSA) is 38.1 Å². The molecule has 1 heterocycles. The van der Waals surface area contributed by atoms with E-state index < -0.39 is 0 Å². The Kier molecular flexibility index (Phi) is 2.31. The molecule has 3 nitrogen and oxygen atoms in total. The smallest absolute Gasteiger partial charge is 0.115 e. The lowest BCUT2D eigenvalue weighted by Gasteiger charge is -2.00. The highest BCUT2D eigenvalue weighted by Gasteiger charge is 2.00. The quantitative estimate of drug-likeness (QED) is 0.563. The van der Waals surface area contributed by atoms with Crippen LogP contribution in [0.1, 0.15) is 18.2 Å². The van der Waals surface area contributed by atoms with Crippen LogP contribution in [0.25, 0.3) is 0 Å². The third-order valence-corrected chi connectivity index (χ3v) is 1.64. The zero-order valence-electron chi connectivity index (χ0n) is 7.00. The van der Waals surface area contributed by atoms with E-state index in [0.717, 1.165) is 17.0 Å². The Morgan fingerprint density at radius 3 is 2.82 bits per heavy atom. The van der Waals surface area contributed by atoms with Gasteiger partial charge in [-0.2, -0.15) is 0 Å². The van der Waals surface area contributed by atoms with E-state index in [4.69, 9.17) is 0 Å². The predicted octanol–water partition coefficient (Wildman–Crippen LogP) is 1.22. The monoisotopic (exact) mass is 149 g/mol. The zero-order chi connectivity index (χ0) is 8.27. The van der Waals surface area contributed by atoms with Crippen LogP contribution in [-0.4, -0.2) is 22.7 Å².